The SMILES string of the molecule is CCOC(=O)C(C(=O)c1ccccc1)C(=O)c1ccccc1.[Ti]. The summed E-state index contributed by atoms with van der Waals surface area (Å²) in [6.07, 6.45) is 0. The summed E-state index contributed by atoms with van der Waals surface area (Å²) in [4.78, 5) is 37.2. The number of hydrogen-bond acceptors (Lipinski definition) is 4. The molecule has 0 unspecified atom stereocenters. The molecule has 0 saturated heterocycles. The van der Waals surface area contributed by atoms with Gasteiger partial charge in [-0.2, -0.15) is 0 Å². The van der Waals surface area contributed by atoms with E-state index in [0.29, 0.717) is 11.1 Å². The number of carbonyl (C=O) groups excluding carboxylic acids is 3. The van der Waals surface area contributed by atoms with Crippen molar-refractivity contribution in [2.45, 2.75) is 6.92 Å². The third-order valence-corrected chi connectivity index (χ3v) is 3.16. The summed E-state index contributed by atoms with van der Waals surface area (Å²) in [7, 11) is 0. The summed E-state index contributed by atoms with van der Waals surface area (Å²) in [6.45, 7) is 1.74. The fourth-order valence-corrected chi connectivity index (χ4v) is 2.10. The van der Waals surface area contributed by atoms with E-state index in [1.54, 1.807) is 67.6 Å². The van der Waals surface area contributed by atoms with Crippen molar-refractivity contribution in [3.63, 3.8) is 0 Å². The van der Waals surface area contributed by atoms with Crippen molar-refractivity contribution in [2.75, 3.05) is 6.61 Å². The normalized spacial score (nSPS) is 9.83. The smallest absolute Gasteiger partial charge is 0.324 e. The molecule has 0 N–H and O–H groups in total. The first-order valence-electron chi connectivity index (χ1n) is 7.00. The molecule has 0 atom stereocenters. The second kappa shape index (κ2) is 9.18. The largest absolute Gasteiger partial charge is 0.465 e. The standard InChI is InChI=1S/C18H16O4.Ti/c1-2-22-18(21)15(16(19)13-9-5-3-6-10-13)17(20)14-11-7-4-8-12-14;/h3-12,15H,2H2,1H3;. The van der Waals surface area contributed by atoms with E-state index in [9.17, 15) is 14.4 Å². The van der Waals surface area contributed by atoms with Gasteiger partial charge in [0, 0.05) is 32.8 Å². The number of rotatable bonds is 6. The second-order valence-electron chi connectivity index (χ2n) is 4.65. The Bertz CT molecular complexity index is 616. The molecule has 0 aliphatic heterocycles. The van der Waals surface area contributed by atoms with Crippen molar-refractivity contribution < 1.29 is 40.8 Å². The van der Waals surface area contributed by atoms with Gasteiger partial charge in [-0.15, -0.1) is 0 Å². The van der Waals surface area contributed by atoms with Crippen molar-refractivity contribution in [2.24, 2.45) is 5.92 Å². The Kier molecular flexibility index (Phi) is 7.59. The Balaban J connectivity index is 0.00000264. The first-order chi connectivity index (χ1) is 10.6. The molecular weight excluding hydrogens is 328 g/mol. The van der Waals surface area contributed by atoms with Crippen molar-refractivity contribution in [3.05, 3.63) is 71.8 Å². The first kappa shape index (κ1) is 19.0. The van der Waals surface area contributed by atoms with E-state index in [4.69, 9.17) is 4.74 Å². The van der Waals surface area contributed by atoms with Gasteiger partial charge in [-0.25, -0.2) is 0 Å². The maximum Gasteiger partial charge on any atom is 0.324 e. The van der Waals surface area contributed by atoms with Crippen molar-refractivity contribution in [3.8, 4) is 0 Å². The van der Waals surface area contributed by atoms with Gasteiger partial charge in [0.2, 0.25) is 0 Å². The molecule has 23 heavy (non-hydrogen) atoms. The molecule has 2 aromatic rings. The zero-order valence-corrected chi connectivity index (χ0v) is 14.3. The van der Waals surface area contributed by atoms with Gasteiger partial charge in [-0.1, -0.05) is 60.7 Å². The molecule has 0 heterocycles. The Morgan fingerprint density at radius 3 is 1.57 bits per heavy atom. The Morgan fingerprint density at radius 2 is 1.22 bits per heavy atom. The van der Waals surface area contributed by atoms with E-state index in [1.807, 2.05) is 0 Å². The van der Waals surface area contributed by atoms with Crippen molar-refractivity contribution in [1.29, 1.82) is 0 Å². The Morgan fingerprint density at radius 1 is 0.826 bits per heavy atom. The minimum absolute atomic E-state index is 0. The molecule has 0 bridgehead atoms. The number of ether oxygens (including phenoxy) is 1. The van der Waals surface area contributed by atoms with Crippen LogP contribution in [-0.2, 0) is 31.2 Å². The quantitative estimate of drug-likeness (QED) is 0.350. The monoisotopic (exact) mass is 344 g/mol. The van der Waals surface area contributed by atoms with Crippen molar-refractivity contribution in [1.82, 2.24) is 0 Å². The van der Waals surface area contributed by atoms with Gasteiger partial charge < -0.3 is 4.74 Å². The Labute approximate surface area is 149 Å². The van der Waals surface area contributed by atoms with Crippen LogP contribution in [0.2, 0.25) is 0 Å². The summed E-state index contributed by atoms with van der Waals surface area (Å²) in [5.41, 5.74) is 0.620. The summed E-state index contributed by atoms with van der Waals surface area (Å²) in [6, 6.07) is 16.6. The number of hydrogen-bond donors (Lipinski definition) is 0. The van der Waals surface area contributed by atoms with Crippen LogP contribution in [0.3, 0.4) is 0 Å². The van der Waals surface area contributed by atoms with Gasteiger partial charge in [0.15, 0.2) is 17.5 Å². The van der Waals surface area contributed by atoms with Gasteiger partial charge >= 0.3 is 5.97 Å². The van der Waals surface area contributed by atoms with Crippen LogP contribution in [0.1, 0.15) is 27.6 Å². The molecule has 0 radical (unpaired) electrons. The average molecular weight is 344 g/mol. The van der Waals surface area contributed by atoms with Crippen LogP contribution < -0.4 is 0 Å². The van der Waals surface area contributed by atoms with Gasteiger partial charge in [-0.3, -0.25) is 14.4 Å². The van der Waals surface area contributed by atoms with Gasteiger partial charge in [0.05, 0.1) is 6.61 Å². The van der Waals surface area contributed by atoms with Crippen LogP contribution in [0.25, 0.3) is 0 Å². The molecule has 0 fully saturated rings. The van der Waals surface area contributed by atoms with Crippen molar-refractivity contribution >= 4 is 17.5 Å². The minimum Gasteiger partial charge on any atom is -0.465 e. The summed E-state index contributed by atoms with van der Waals surface area (Å²) < 4.78 is 4.91. The van der Waals surface area contributed by atoms with E-state index >= 15 is 0 Å². The molecule has 2 aromatic carbocycles. The van der Waals surface area contributed by atoms with Crippen LogP contribution in [0.4, 0.5) is 0 Å². The molecule has 0 spiro atoms. The Hall–Kier alpha value is -2.04. The molecule has 2 rings (SSSR count). The number of Topliss-reactive ketones (excluding diaryl/α,β-unsaturated/α-hetero) is 2. The number of carbonyl (C=O) groups is 3. The van der Waals surface area contributed by atoms with E-state index in [2.05, 4.69) is 0 Å². The minimum atomic E-state index is -1.47. The maximum atomic E-state index is 12.6. The maximum absolute atomic E-state index is 12.6. The van der Waals surface area contributed by atoms with Crippen LogP contribution in [-0.4, -0.2) is 24.1 Å². The third-order valence-electron chi connectivity index (χ3n) is 3.16. The van der Waals surface area contributed by atoms with Crippen LogP contribution in [0, 0.1) is 5.92 Å². The zero-order chi connectivity index (χ0) is 15.9. The molecule has 0 aromatic heterocycles. The molecule has 0 aliphatic rings. The van der Waals surface area contributed by atoms with Crippen LogP contribution in [0.5, 0.6) is 0 Å². The van der Waals surface area contributed by atoms with E-state index in [-0.39, 0.29) is 28.3 Å². The van der Waals surface area contributed by atoms with E-state index in [1.165, 1.54) is 0 Å². The fourth-order valence-electron chi connectivity index (χ4n) is 2.10. The van der Waals surface area contributed by atoms with E-state index in [0.717, 1.165) is 0 Å². The molecule has 5 heteroatoms. The first-order valence-corrected chi connectivity index (χ1v) is 7.00. The predicted octanol–water partition coefficient (Wildman–Crippen LogP) is 2.93. The molecule has 0 amide bonds. The molecule has 116 valence electrons. The predicted molar refractivity (Wildman–Crippen MR) is 81.7 cm³/mol. The number of ketones is 2. The molecule has 0 saturated carbocycles. The third kappa shape index (κ3) is 4.72. The number of esters is 1. The average Bonchev–Trinajstić information content (AvgIpc) is 2.56. The topological polar surface area (TPSA) is 60.4 Å². The zero-order valence-electron chi connectivity index (χ0n) is 12.7. The molecule has 0 aliphatic carbocycles. The summed E-state index contributed by atoms with van der Waals surface area (Å²) in [5, 5.41) is 0. The van der Waals surface area contributed by atoms with Gasteiger partial charge in [0.1, 0.15) is 0 Å². The summed E-state index contributed by atoms with van der Waals surface area (Å²) >= 11 is 0. The van der Waals surface area contributed by atoms with E-state index < -0.39 is 23.5 Å². The molecule has 4 nitrogen and oxygen atoms in total. The fraction of sp³-hybridized carbons (Fsp3) is 0.167. The molecular formula is C18H16O4Ti. The number of benzene rings is 2. The summed E-state index contributed by atoms with van der Waals surface area (Å²) in [5.74, 6) is -3.38. The van der Waals surface area contributed by atoms with Gasteiger partial charge in [-0.05, 0) is 6.92 Å². The van der Waals surface area contributed by atoms with Crippen LogP contribution >= 0.6 is 0 Å². The van der Waals surface area contributed by atoms with Gasteiger partial charge in [0.25, 0.3) is 0 Å². The van der Waals surface area contributed by atoms with Crippen LogP contribution in [0.15, 0.2) is 60.7 Å². The second-order valence-corrected chi connectivity index (χ2v) is 4.65.